The maximum absolute atomic E-state index is 11.1. The van der Waals surface area contributed by atoms with Crippen molar-refractivity contribution in [3.8, 4) is 0 Å². The standard InChI is InChI=1S/C9H9BrClNO2/c1-14-9(13)8(12)5-2-3-7(11)6(10)4-5/h2-4,8H,12H2,1H3/t8-/m0/s1. The Morgan fingerprint density at radius 2 is 2.29 bits per heavy atom. The fourth-order valence-corrected chi connectivity index (χ4v) is 1.48. The molecule has 1 rings (SSSR count). The predicted molar refractivity (Wildman–Crippen MR) is 58.1 cm³/mol. The number of benzene rings is 1. The first-order valence-corrected chi connectivity index (χ1v) is 5.01. The third-order valence-corrected chi connectivity index (χ3v) is 2.97. The van der Waals surface area contributed by atoms with Gasteiger partial charge in [-0.15, -0.1) is 0 Å². The van der Waals surface area contributed by atoms with Crippen LogP contribution in [0.2, 0.25) is 5.02 Å². The number of carbonyl (C=O) groups excluding carboxylic acids is 1. The van der Waals surface area contributed by atoms with Crippen molar-refractivity contribution in [2.24, 2.45) is 5.73 Å². The zero-order valence-electron chi connectivity index (χ0n) is 7.46. The number of methoxy groups -OCH3 is 1. The largest absolute Gasteiger partial charge is 0.468 e. The van der Waals surface area contributed by atoms with Gasteiger partial charge in [-0.05, 0) is 33.6 Å². The van der Waals surface area contributed by atoms with E-state index in [-0.39, 0.29) is 0 Å². The smallest absolute Gasteiger partial charge is 0.327 e. The Hall–Kier alpha value is -0.580. The van der Waals surface area contributed by atoms with E-state index in [1.54, 1.807) is 18.2 Å². The van der Waals surface area contributed by atoms with Crippen LogP contribution in [-0.2, 0) is 9.53 Å². The van der Waals surface area contributed by atoms with Crippen molar-refractivity contribution < 1.29 is 9.53 Å². The highest BCUT2D eigenvalue weighted by atomic mass is 79.9. The van der Waals surface area contributed by atoms with E-state index < -0.39 is 12.0 Å². The molecule has 0 heterocycles. The van der Waals surface area contributed by atoms with Gasteiger partial charge in [0.2, 0.25) is 0 Å². The minimum atomic E-state index is -0.770. The second-order valence-electron chi connectivity index (χ2n) is 2.67. The minimum Gasteiger partial charge on any atom is -0.468 e. The number of esters is 1. The number of halogens is 2. The molecule has 0 bridgehead atoms. The van der Waals surface area contributed by atoms with Gasteiger partial charge in [-0.3, -0.25) is 4.79 Å². The molecule has 0 radical (unpaired) electrons. The average molecular weight is 279 g/mol. The number of hydrogen-bond donors (Lipinski definition) is 1. The van der Waals surface area contributed by atoms with Crippen LogP contribution in [0.5, 0.6) is 0 Å². The molecule has 0 aromatic heterocycles. The van der Waals surface area contributed by atoms with Crippen LogP contribution >= 0.6 is 27.5 Å². The summed E-state index contributed by atoms with van der Waals surface area (Å²) in [6.45, 7) is 0. The maximum Gasteiger partial charge on any atom is 0.327 e. The van der Waals surface area contributed by atoms with Gasteiger partial charge in [-0.25, -0.2) is 0 Å². The highest BCUT2D eigenvalue weighted by Gasteiger charge is 2.16. The molecule has 76 valence electrons. The third kappa shape index (κ3) is 2.47. The van der Waals surface area contributed by atoms with E-state index in [0.29, 0.717) is 15.1 Å². The molecule has 0 aliphatic rings. The van der Waals surface area contributed by atoms with Crippen molar-refractivity contribution in [2.75, 3.05) is 7.11 Å². The summed E-state index contributed by atoms with van der Waals surface area (Å²) in [5.41, 5.74) is 6.29. The van der Waals surface area contributed by atoms with E-state index in [1.165, 1.54) is 7.11 Å². The Morgan fingerprint density at radius 1 is 1.64 bits per heavy atom. The molecule has 1 aromatic rings. The van der Waals surface area contributed by atoms with Crippen LogP contribution < -0.4 is 5.73 Å². The monoisotopic (exact) mass is 277 g/mol. The summed E-state index contributed by atoms with van der Waals surface area (Å²) in [6.07, 6.45) is 0. The average Bonchev–Trinajstić information content (AvgIpc) is 2.20. The lowest BCUT2D eigenvalue weighted by molar-refractivity contribution is -0.142. The molecule has 0 fully saturated rings. The molecule has 5 heteroatoms. The normalized spacial score (nSPS) is 12.3. The van der Waals surface area contributed by atoms with Gasteiger partial charge >= 0.3 is 5.97 Å². The third-order valence-electron chi connectivity index (χ3n) is 1.76. The fourth-order valence-electron chi connectivity index (χ4n) is 0.969. The van der Waals surface area contributed by atoms with Gasteiger partial charge in [0.1, 0.15) is 6.04 Å². The quantitative estimate of drug-likeness (QED) is 0.844. The molecule has 0 unspecified atom stereocenters. The predicted octanol–water partition coefficient (Wildman–Crippen LogP) is 2.28. The summed E-state index contributed by atoms with van der Waals surface area (Å²) in [6, 6.07) is 4.29. The van der Waals surface area contributed by atoms with E-state index >= 15 is 0 Å². The zero-order chi connectivity index (χ0) is 10.7. The molecule has 2 N–H and O–H groups in total. The number of nitrogens with two attached hydrogens (primary N) is 1. The van der Waals surface area contributed by atoms with Crippen LogP contribution in [0, 0.1) is 0 Å². The van der Waals surface area contributed by atoms with E-state index in [1.807, 2.05) is 0 Å². The summed E-state index contributed by atoms with van der Waals surface area (Å²) < 4.78 is 5.23. The number of ether oxygens (including phenoxy) is 1. The lowest BCUT2D eigenvalue weighted by Crippen LogP contribution is -2.22. The van der Waals surface area contributed by atoms with Crippen LogP contribution in [0.1, 0.15) is 11.6 Å². The summed E-state index contributed by atoms with van der Waals surface area (Å²) in [5, 5.41) is 0.575. The van der Waals surface area contributed by atoms with Crippen LogP contribution in [0.15, 0.2) is 22.7 Å². The van der Waals surface area contributed by atoms with Gasteiger partial charge in [-0.1, -0.05) is 17.7 Å². The molecule has 1 aromatic carbocycles. The topological polar surface area (TPSA) is 52.3 Å². The van der Waals surface area contributed by atoms with Gasteiger partial charge in [0, 0.05) is 4.47 Å². The number of carbonyl (C=O) groups is 1. The Labute approximate surface area is 95.3 Å². The fraction of sp³-hybridized carbons (Fsp3) is 0.222. The summed E-state index contributed by atoms with van der Waals surface area (Å²) in [5.74, 6) is -0.473. The highest BCUT2D eigenvalue weighted by molar-refractivity contribution is 9.10. The summed E-state index contributed by atoms with van der Waals surface area (Å²) >= 11 is 9.04. The van der Waals surface area contributed by atoms with Crippen molar-refractivity contribution in [3.63, 3.8) is 0 Å². The van der Waals surface area contributed by atoms with E-state index in [9.17, 15) is 4.79 Å². The Bertz CT molecular complexity index is 357. The SMILES string of the molecule is COC(=O)[C@@H](N)c1ccc(Cl)c(Br)c1. The minimum absolute atomic E-state index is 0.473. The Morgan fingerprint density at radius 3 is 2.79 bits per heavy atom. The molecule has 14 heavy (non-hydrogen) atoms. The zero-order valence-corrected chi connectivity index (χ0v) is 9.80. The number of hydrogen-bond acceptors (Lipinski definition) is 3. The lowest BCUT2D eigenvalue weighted by Gasteiger charge is -2.10. The van der Waals surface area contributed by atoms with Crippen LogP contribution in [0.4, 0.5) is 0 Å². The molecule has 0 aliphatic carbocycles. The molecule has 0 saturated heterocycles. The van der Waals surface area contributed by atoms with Crippen molar-refractivity contribution in [1.82, 2.24) is 0 Å². The molecule has 1 atom stereocenters. The van der Waals surface area contributed by atoms with Gasteiger partial charge in [-0.2, -0.15) is 0 Å². The van der Waals surface area contributed by atoms with Crippen LogP contribution in [0.3, 0.4) is 0 Å². The van der Waals surface area contributed by atoms with E-state index in [0.717, 1.165) is 0 Å². The van der Waals surface area contributed by atoms with E-state index in [2.05, 4.69) is 20.7 Å². The summed E-state index contributed by atoms with van der Waals surface area (Å²) in [4.78, 5) is 11.1. The van der Waals surface area contributed by atoms with Gasteiger partial charge in [0.05, 0.1) is 12.1 Å². The molecule has 0 spiro atoms. The van der Waals surface area contributed by atoms with E-state index in [4.69, 9.17) is 17.3 Å². The van der Waals surface area contributed by atoms with Crippen molar-refractivity contribution in [2.45, 2.75) is 6.04 Å². The molecule has 0 aliphatic heterocycles. The second kappa shape index (κ2) is 4.77. The van der Waals surface area contributed by atoms with Gasteiger partial charge in [0.15, 0.2) is 0 Å². The van der Waals surface area contributed by atoms with Crippen molar-refractivity contribution >= 4 is 33.5 Å². The Balaban J connectivity index is 2.96. The first-order valence-electron chi connectivity index (χ1n) is 3.84. The lowest BCUT2D eigenvalue weighted by atomic mass is 10.1. The molecule has 0 amide bonds. The Kier molecular flexibility index (Phi) is 3.92. The maximum atomic E-state index is 11.1. The molecule has 3 nitrogen and oxygen atoms in total. The molecular weight excluding hydrogens is 269 g/mol. The first-order chi connectivity index (χ1) is 6.56. The molecule has 0 saturated carbocycles. The second-order valence-corrected chi connectivity index (χ2v) is 3.94. The summed E-state index contributed by atoms with van der Waals surface area (Å²) in [7, 11) is 1.30. The highest BCUT2D eigenvalue weighted by Crippen LogP contribution is 2.25. The molecular formula is C9H9BrClNO2. The van der Waals surface area contributed by atoms with Crippen molar-refractivity contribution in [1.29, 1.82) is 0 Å². The van der Waals surface area contributed by atoms with Crippen LogP contribution in [-0.4, -0.2) is 13.1 Å². The first kappa shape index (κ1) is 11.5. The number of rotatable bonds is 2. The van der Waals surface area contributed by atoms with Gasteiger partial charge < -0.3 is 10.5 Å². The van der Waals surface area contributed by atoms with Crippen molar-refractivity contribution in [3.05, 3.63) is 33.3 Å². The van der Waals surface area contributed by atoms with Gasteiger partial charge in [0.25, 0.3) is 0 Å². The van der Waals surface area contributed by atoms with Crippen LogP contribution in [0.25, 0.3) is 0 Å².